The molecule has 23 heavy (non-hydrogen) atoms. The highest BCUT2D eigenvalue weighted by Gasteiger charge is 2.20. The van der Waals surface area contributed by atoms with Crippen LogP contribution >= 0.6 is 11.6 Å². The van der Waals surface area contributed by atoms with Crippen molar-refractivity contribution in [2.75, 3.05) is 11.9 Å². The molecule has 3 N–H and O–H groups in total. The lowest BCUT2D eigenvalue weighted by Crippen LogP contribution is -2.88. The van der Waals surface area contributed by atoms with Crippen molar-refractivity contribution in [2.24, 2.45) is 5.92 Å². The monoisotopic (exact) mass is 335 g/mol. The number of hydrogen-bond donors (Lipinski definition) is 2. The second-order valence-electron chi connectivity index (χ2n) is 5.82. The molecule has 0 saturated carbocycles. The Hall–Kier alpha value is -1.91. The highest BCUT2D eigenvalue weighted by molar-refractivity contribution is 6.30. The van der Waals surface area contributed by atoms with E-state index in [0.717, 1.165) is 5.56 Å². The minimum Gasteiger partial charge on any atom is -0.332 e. The van der Waals surface area contributed by atoms with Gasteiger partial charge in [-0.1, -0.05) is 43.6 Å². The summed E-state index contributed by atoms with van der Waals surface area (Å²) in [5, 5.41) is 5.37. The van der Waals surface area contributed by atoms with E-state index >= 15 is 0 Å². The molecule has 5 heteroatoms. The number of quaternary nitrogens is 1. The van der Waals surface area contributed by atoms with E-state index < -0.39 is 0 Å². The van der Waals surface area contributed by atoms with Crippen molar-refractivity contribution < 1.29 is 14.5 Å². The van der Waals surface area contributed by atoms with Gasteiger partial charge in [0.15, 0.2) is 6.54 Å². The maximum atomic E-state index is 13.1. The molecule has 0 radical (unpaired) electrons. The third kappa shape index (κ3) is 5.34. The number of nitrogens with one attached hydrogen (secondary N) is 1. The largest absolute Gasteiger partial charge is 0.332 e. The molecule has 0 aliphatic rings. The van der Waals surface area contributed by atoms with Gasteiger partial charge in [-0.15, -0.1) is 0 Å². The number of hydrogen-bond acceptors (Lipinski definition) is 1. The Morgan fingerprint density at radius 1 is 1.22 bits per heavy atom. The van der Waals surface area contributed by atoms with Crippen molar-refractivity contribution >= 4 is 23.2 Å². The average molecular weight is 336 g/mol. The molecule has 3 nitrogen and oxygen atoms in total. The van der Waals surface area contributed by atoms with Crippen LogP contribution in [-0.4, -0.2) is 12.5 Å². The molecule has 2 rings (SSSR count). The second-order valence-corrected chi connectivity index (χ2v) is 6.26. The standard InChI is InChI=1S/C18H20ClFN2O/c1-12(2)18(13-6-8-15(20)9-7-13)21-11-17(23)22-16-5-3-4-14(19)10-16/h3-10,12,18,21H,11H2,1-2H3,(H,22,23)/p+1/t18-/m1/s1. The summed E-state index contributed by atoms with van der Waals surface area (Å²) in [5.41, 5.74) is 1.69. The van der Waals surface area contributed by atoms with E-state index in [1.165, 1.54) is 12.1 Å². The van der Waals surface area contributed by atoms with Crippen LogP contribution in [0.4, 0.5) is 10.1 Å². The van der Waals surface area contributed by atoms with E-state index in [-0.39, 0.29) is 24.3 Å². The maximum Gasteiger partial charge on any atom is 0.279 e. The lowest BCUT2D eigenvalue weighted by atomic mass is 9.96. The molecule has 0 aliphatic carbocycles. The Kier molecular flexibility index (Phi) is 6.13. The minimum atomic E-state index is -0.255. The van der Waals surface area contributed by atoms with Gasteiger partial charge in [0, 0.05) is 22.2 Å². The molecule has 0 aliphatic heterocycles. The molecule has 0 heterocycles. The van der Waals surface area contributed by atoms with E-state index in [4.69, 9.17) is 11.6 Å². The van der Waals surface area contributed by atoms with E-state index in [2.05, 4.69) is 19.2 Å². The van der Waals surface area contributed by atoms with Crippen LogP contribution in [-0.2, 0) is 4.79 Å². The first-order valence-electron chi connectivity index (χ1n) is 7.60. The maximum absolute atomic E-state index is 13.1. The van der Waals surface area contributed by atoms with Crippen LogP contribution in [0.5, 0.6) is 0 Å². The number of halogens is 2. The fourth-order valence-electron chi connectivity index (χ4n) is 2.49. The van der Waals surface area contributed by atoms with Crippen LogP contribution in [0.3, 0.4) is 0 Å². The fourth-order valence-corrected chi connectivity index (χ4v) is 2.68. The summed E-state index contributed by atoms with van der Waals surface area (Å²) in [6, 6.07) is 13.6. The summed E-state index contributed by atoms with van der Waals surface area (Å²) in [5.74, 6) is -0.0329. The normalized spacial score (nSPS) is 12.2. The van der Waals surface area contributed by atoms with E-state index in [1.807, 2.05) is 5.32 Å². The van der Waals surface area contributed by atoms with Crippen molar-refractivity contribution in [3.05, 3.63) is 64.9 Å². The molecular weight excluding hydrogens is 315 g/mol. The van der Waals surface area contributed by atoms with E-state index in [0.29, 0.717) is 16.6 Å². The summed E-state index contributed by atoms with van der Waals surface area (Å²) >= 11 is 5.90. The molecule has 0 unspecified atom stereocenters. The van der Waals surface area contributed by atoms with Crippen molar-refractivity contribution in [3.63, 3.8) is 0 Å². The predicted molar refractivity (Wildman–Crippen MR) is 90.9 cm³/mol. The Balaban J connectivity index is 1.96. The Morgan fingerprint density at radius 2 is 1.91 bits per heavy atom. The Morgan fingerprint density at radius 3 is 2.52 bits per heavy atom. The number of anilines is 1. The highest BCUT2D eigenvalue weighted by atomic mass is 35.5. The van der Waals surface area contributed by atoms with Gasteiger partial charge in [0.1, 0.15) is 11.9 Å². The first-order valence-corrected chi connectivity index (χ1v) is 7.97. The minimum absolute atomic E-state index is 0.0972. The SMILES string of the molecule is CC(C)[C@@H]([NH2+]CC(=O)Nc1cccc(Cl)c1)c1ccc(F)cc1. The zero-order valence-electron chi connectivity index (χ0n) is 13.2. The first-order chi connectivity index (χ1) is 11.0. The molecule has 0 fully saturated rings. The summed E-state index contributed by atoms with van der Waals surface area (Å²) in [6.07, 6.45) is 0. The predicted octanol–water partition coefficient (Wildman–Crippen LogP) is 3.38. The molecule has 0 saturated heterocycles. The summed E-state index contributed by atoms with van der Waals surface area (Å²) in [4.78, 5) is 12.1. The number of benzene rings is 2. The van der Waals surface area contributed by atoms with Crippen LogP contribution in [0.1, 0.15) is 25.5 Å². The third-order valence-electron chi connectivity index (χ3n) is 3.64. The molecule has 2 aromatic carbocycles. The van der Waals surface area contributed by atoms with Gasteiger partial charge >= 0.3 is 0 Å². The van der Waals surface area contributed by atoms with Crippen LogP contribution in [0.15, 0.2) is 48.5 Å². The zero-order valence-corrected chi connectivity index (χ0v) is 14.0. The van der Waals surface area contributed by atoms with E-state index in [1.54, 1.807) is 36.4 Å². The number of rotatable bonds is 6. The fraction of sp³-hybridized carbons (Fsp3) is 0.278. The van der Waals surface area contributed by atoms with E-state index in [9.17, 15) is 9.18 Å². The van der Waals surface area contributed by atoms with Crippen LogP contribution in [0.2, 0.25) is 5.02 Å². The van der Waals surface area contributed by atoms with Gasteiger partial charge in [0.25, 0.3) is 5.91 Å². The number of carbonyl (C=O) groups is 1. The molecule has 0 bridgehead atoms. The average Bonchev–Trinajstić information content (AvgIpc) is 2.49. The van der Waals surface area contributed by atoms with Crippen LogP contribution in [0.25, 0.3) is 0 Å². The number of amides is 1. The Labute approximate surface area is 140 Å². The molecule has 1 amide bonds. The molecule has 0 aromatic heterocycles. The summed E-state index contributed by atoms with van der Waals surface area (Å²) in [7, 11) is 0. The topological polar surface area (TPSA) is 45.7 Å². The van der Waals surface area contributed by atoms with Gasteiger partial charge < -0.3 is 10.6 Å². The molecular formula is C18H21ClFN2O+. The molecule has 122 valence electrons. The number of carbonyl (C=O) groups excluding carboxylic acids is 1. The first kappa shape index (κ1) is 17.4. The Bertz CT molecular complexity index is 658. The summed E-state index contributed by atoms with van der Waals surface area (Å²) < 4.78 is 13.1. The molecule has 2 aromatic rings. The summed E-state index contributed by atoms with van der Waals surface area (Å²) in [6.45, 7) is 4.45. The molecule has 1 atom stereocenters. The van der Waals surface area contributed by atoms with Crippen LogP contribution in [0, 0.1) is 11.7 Å². The van der Waals surface area contributed by atoms with Gasteiger partial charge in [0.05, 0.1) is 0 Å². The zero-order chi connectivity index (χ0) is 16.8. The lowest BCUT2D eigenvalue weighted by molar-refractivity contribution is -0.692. The van der Waals surface area contributed by atoms with Gasteiger partial charge in [-0.25, -0.2) is 4.39 Å². The van der Waals surface area contributed by atoms with Gasteiger partial charge in [-0.2, -0.15) is 0 Å². The number of nitrogens with two attached hydrogens (primary N) is 1. The quantitative estimate of drug-likeness (QED) is 0.835. The van der Waals surface area contributed by atoms with Crippen molar-refractivity contribution in [3.8, 4) is 0 Å². The lowest BCUT2D eigenvalue weighted by Gasteiger charge is -2.19. The smallest absolute Gasteiger partial charge is 0.279 e. The van der Waals surface area contributed by atoms with Crippen molar-refractivity contribution in [1.29, 1.82) is 0 Å². The van der Waals surface area contributed by atoms with Crippen molar-refractivity contribution in [2.45, 2.75) is 19.9 Å². The molecule has 0 spiro atoms. The van der Waals surface area contributed by atoms with Gasteiger partial charge in [-0.05, 0) is 30.3 Å². The second kappa shape index (κ2) is 8.09. The van der Waals surface area contributed by atoms with Gasteiger partial charge in [-0.3, -0.25) is 4.79 Å². The van der Waals surface area contributed by atoms with Gasteiger partial charge in [0.2, 0.25) is 0 Å². The van der Waals surface area contributed by atoms with Crippen LogP contribution < -0.4 is 10.6 Å². The highest BCUT2D eigenvalue weighted by Crippen LogP contribution is 2.18. The van der Waals surface area contributed by atoms with Crippen molar-refractivity contribution in [1.82, 2.24) is 0 Å². The third-order valence-corrected chi connectivity index (χ3v) is 3.87.